The Morgan fingerprint density at radius 2 is 1.74 bits per heavy atom. The Hall–Kier alpha value is -2.29. The van der Waals surface area contributed by atoms with Crippen molar-refractivity contribution < 1.29 is 0 Å². The summed E-state index contributed by atoms with van der Waals surface area (Å²) >= 11 is 0. The summed E-state index contributed by atoms with van der Waals surface area (Å²) in [6, 6.07) is 14.3. The maximum atomic E-state index is 5.72. The third-order valence-electron chi connectivity index (χ3n) is 3.53. The van der Waals surface area contributed by atoms with Crippen LogP contribution < -0.4 is 5.73 Å². The first kappa shape index (κ1) is 11.8. The van der Waals surface area contributed by atoms with E-state index in [0.29, 0.717) is 0 Å². The van der Waals surface area contributed by atoms with E-state index in [0.717, 1.165) is 23.4 Å². The largest absolute Gasteiger partial charge is 0.399 e. The van der Waals surface area contributed by atoms with Crippen LogP contribution in [0.2, 0.25) is 0 Å². The van der Waals surface area contributed by atoms with E-state index in [-0.39, 0.29) is 0 Å². The number of fused-ring (bicyclic) bond motifs is 1. The molecule has 0 fully saturated rings. The van der Waals surface area contributed by atoms with Gasteiger partial charge in [-0.2, -0.15) is 0 Å². The molecule has 0 atom stereocenters. The van der Waals surface area contributed by atoms with Gasteiger partial charge in [0.25, 0.3) is 0 Å². The van der Waals surface area contributed by atoms with E-state index in [4.69, 9.17) is 5.73 Å². The number of aromatic nitrogens is 2. The molecule has 0 saturated carbocycles. The molecule has 1 aromatic heterocycles. The molecule has 3 nitrogen and oxygen atoms in total. The van der Waals surface area contributed by atoms with Crippen LogP contribution in [0.25, 0.3) is 22.2 Å². The Balaban J connectivity index is 2.13. The van der Waals surface area contributed by atoms with Crippen molar-refractivity contribution in [2.45, 2.75) is 13.3 Å². The van der Waals surface area contributed by atoms with Gasteiger partial charge in [0.05, 0.1) is 11.0 Å². The van der Waals surface area contributed by atoms with Gasteiger partial charge in [-0.1, -0.05) is 25.1 Å². The maximum absolute atomic E-state index is 5.72. The zero-order valence-electron chi connectivity index (χ0n) is 11.2. The van der Waals surface area contributed by atoms with E-state index in [9.17, 15) is 0 Å². The summed E-state index contributed by atoms with van der Waals surface area (Å²) in [6.07, 6.45) is 0.947. The Morgan fingerprint density at radius 1 is 1.05 bits per heavy atom. The molecule has 2 N–H and O–H groups in total. The van der Waals surface area contributed by atoms with E-state index < -0.39 is 0 Å². The number of rotatable bonds is 2. The number of nitrogens with zero attached hydrogens (tertiary/aromatic N) is 2. The Labute approximate surface area is 112 Å². The molecule has 0 amide bonds. The number of nitrogen functional groups attached to an aromatic ring is 1. The lowest BCUT2D eigenvalue weighted by Gasteiger charge is -2.03. The minimum absolute atomic E-state index is 0.788. The molecule has 1 heterocycles. The van der Waals surface area contributed by atoms with Gasteiger partial charge in [0.2, 0.25) is 0 Å². The molecular weight excluding hydrogens is 234 g/mol. The normalized spacial score (nSPS) is 11.1. The Morgan fingerprint density at radius 3 is 2.42 bits per heavy atom. The predicted molar refractivity (Wildman–Crippen MR) is 79.9 cm³/mol. The van der Waals surface area contributed by atoms with Crippen molar-refractivity contribution in [3.63, 3.8) is 0 Å². The summed E-state index contributed by atoms with van der Waals surface area (Å²) in [5.74, 6) is 1.12. The van der Waals surface area contributed by atoms with Gasteiger partial charge in [-0.3, -0.25) is 0 Å². The number of benzene rings is 2. The van der Waals surface area contributed by atoms with Crippen LogP contribution in [0.4, 0.5) is 5.69 Å². The summed E-state index contributed by atoms with van der Waals surface area (Å²) < 4.78 is 2.15. The molecule has 3 aromatic rings. The number of hydrogen-bond donors (Lipinski definition) is 1. The van der Waals surface area contributed by atoms with Gasteiger partial charge in [-0.15, -0.1) is 0 Å². The van der Waals surface area contributed by atoms with Gasteiger partial charge in [0.15, 0.2) is 0 Å². The molecule has 2 aromatic carbocycles. The van der Waals surface area contributed by atoms with Gasteiger partial charge in [-0.05, 0) is 35.4 Å². The fourth-order valence-electron chi connectivity index (χ4n) is 2.42. The number of anilines is 1. The van der Waals surface area contributed by atoms with Crippen molar-refractivity contribution >= 4 is 16.7 Å². The van der Waals surface area contributed by atoms with E-state index in [1.54, 1.807) is 0 Å². The lowest BCUT2D eigenvalue weighted by Crippen LogP contribution is -1.94. The van der Waals surface area contributed by atoms with E-state index in [1.165, 1.54) is 16.6 Å². The molecule has 0 bridgehead atoms. The van der Waals surface area contributed by atoms with Crippen molar-refractivity contribution in [3.05, 3.63) is 48.3 Å². The average molecular weight is 251 g/mol. The van der Waals surface area contributed by atoms with Crippen LogP contribution in [-0.2, 0) is 13.5 Å². The fraction of sp³-hybridized carbons (Fsp3) is 0.188. The summed E-state index contributed by atoms with van der Waals surface area (Å²) in [6.45, 7) is 2.13. The second kappa shape index (κ2) is 4.43. The second-order valence-electron chi connectivity index (χ2n) is 4.77. The van der Waals surface area contributed by atoms with Gasteiger partial charge >= 0.3 is 0 Å². The second-order valence-corrected chi connectivity index (χ2v) is 4.77. The highest BCUT2D eigenvalue weighted by molar-refractivity contribution is 5.82. The maximum Gasteiger partial charge on any atom is 0.109 e. The number of imidazole rings is 1. The topological polar surface area (TPSA) is 43.8 Å². The molecule has 0 spiro atoms. The monoisotopic (exact) mass is 251 g/mol. The SMILES string of the molecule is CCc1nc2cc(-c3ccc(N)cc3)ccc2n1C. The van der Waals surface area contributed by atoms with Crippen molar-refractivity contribution in [2.24, 2.45) is 7.05 Å². The van der Waals surface area contributed by atoms with Crippen molar-refractivity contribution in [1.82, 2.24) is 9.55 Å². The summed E-state index contributed by atoms with van der Waals surface area (Å²) in [7, 11) is 2.07. The van der Waals surface area contributed by atoms with E-state index >= 15 is 0 Å². The molecule has 0 unspecified atom stereocenters. The minimum Gasteiger partial charge on any atom is -0.399 e. The first-order valence-corrected chi connectivity index (χ1v) is 6.50. The fourth-order valence-corrected chi connectivity index (χ4v) is 2.42. The molecule has 0 saturated heterocycles. The summed E-state index contributed by atoms with van der Waals surface area (Å²) in [5.41, 5.74) is 11.1. The highest BCUT2D eigenvalue weighted by atomic mass is 15.1. The van der Waals surface area contributed by atoms with Gasteiger partial charge < -0.3 is 10.3 Å². The first-order valence-electron chi connectivity index (χ1n) is 6.50. The molecule has 3 heteroatoms. The van der Waals surface area contributed by atoms with Crippen LogP contribution in [0.1, 0.15) is 12.7 Å². The van der Waals surface area contributed by atoms with Crippen molar-refractivity contribution in [3.8, 4) is 11.1 Å². The minimum atomic E-state index is 0.788. The van der Waals surface area contributed by atoms with Crippen molar-refractivity contribution in [2.75, 3.05) is 5.73 Å². The summed E-state index contributed by atoms with van der Waals surface area (Å²) in [4.78, 5) is 4.67. The Kier molecular flexibility index (Phi) is 2.75. The molecule has 0 aliphatic heterocycles. The highest BCUT2D eigenvalue weighted by Gasteiger charge is 2.07. The Bertz CT molecular complexity index is 724. The zero-order chi connectivity index (χ0) is 13.4. The van der Waals surface area contributed by atoms with Crippen LogP contribution in [0.3, 0.4) is 0 Å². The van der Waals surface area contributed by atoms with Crippen LogP contribution >= 0.6 is 0 Å². The summed E-state index contributed by atoms with van der Waals surface area (Å²) in [5, 5.41) is 0. The quantitative estimate of drug-likeness (QED) is 0.709. The smallest absolute Gasteiger partial charge is 0.109 e. The average Bonchev–Trinajstić information content (AvgIpc) is 2.76. The van der Waals surface area contributed by atoms with Gasteiger partial charge in [0, 0.05) is 19.2 Å². The molecular formula is C16H17N3. The van der Waals surface area contributed by atoms with Crippen LogP contribution in [0.5, 0.6) is 0 Å². The van der Waals surface area contributed by atoms with Crippen molar-refractivity contribution in [1.29, 1.82) is 0 Å². The lowest BCUT2D eigenvalue weighted by molar-refractivity contribution is 0.829. The van der Waals surface area contributed by atoms with Gasteiger partial charge in [0.1, 0.15) is 5.82 Å². The third-order valence-corrected chi connectivity index (χ3v) is 3.53. The third kappa shape index (κ3) is 1.97. The molecule has 0 radical (unpaired) electrons. The molecule has 96 valence electrons. The van der Waals surface area contributed by atoms with Crippen LogP contribution in [0.15, 0.2) is 42.5 Å². The first-order chi connectivity index (χ1) is 9.19. The number of aryl methyl sites for hydroxylation is 2. The van der Waals surface area contributed by atoms with Crippen LogP contribution in [0, 0.1) is 0 Å². The number of hydrogen-bond acceptors (Lipinski definition) is 2. The highest BCUT2D eigenvalue weighted by Crippen LogP contribution is 2.25. The van der Waals surface area contributed by atoms with E-state index in [2.05, 4.69) is 41.7 Å². The zero-order valence-corrected chi connectivity index (χ0v) is 11.2. The standard InChI is InChI=1S/C16H17N3/c1-3-16-18-14-10-12(6-9-15(14)19(16)2)11-4-7-13(17)8-5-11/h4-10H,3,17H2,1-2H3. The van der Waals surface area contributed by atoms with Gasteiger partial charge in [-0.25, -0.2) is 4.98 Å². The molecule has 3 rings (SSSR count). The molecule has 19 heavy (non-hydrogen) atoms. The number of nitrogens with two attached hydrogens (primary N) is 1. The molecule has 0 aliphatic carbocycles. The van der Waals surface area contributed by atoms with E-state index in [1.807, 2.05) is 24.3 Å². The molecule has 0 aliphatic rings. The lowest BCUT2D eigenvalue weighted by atomic mass is 10.0. The predicted octanol–water partition coefficient (Wildman–Crippen LogP) is 3.38. The van der Waals surface area contributed by atoms with Crippen LogP contribution in [-0.4, -0.2) is 9.55 Å².